The van der Waals surface area contributed by atoms with Gasteiger partial charge in [0.2, 0.25) is 0 Å². The highest BCUT2D eigenvalue weighted by atomic mass is 16.7. The van der Waals surface area contributed by atoms with Crippen LogP contribution in [0.4, 0.5) is 0 Å². The normalized spacial score (nSPS) is 21.5. The maximum Gasteiger partial charge on any atom is 0.335 e. The minimum atomic E-state index is -0.927. The lowest BCUT2D eigenvalue weighted by Gasteiger charge is -2.30. The molecule has 1 fully saturated rings. The van der Waals surface area contributed by atoms with Crippen LogP contribution in [-0.2, 0) is 9.47 Å². The fraction of sp³-hybridized carbons (Fsp3) is 0.533. The molecule has 0 amide bonds. The Labute approximate surface area is 113 Å². The molecule has 4 nitrogen and oxygen atoms in total. The highest BCUT2D eigenvalue weighted by Crippen LogP contribution is 2.45. The molecular formula is C15H20O4. The molecule has 1 aliphatic heterocycles. The Balaban J connectivity index is 2.33. The summed E-state index contributed by atoms with van der Waals surface area (Å²) in [4.78, 5) is 10.9. The van der Waals surface area contributed by atoms with Crippen LogP contribution in [0, 0.1) is 6.92 Å². The Morgan fingerprint density at radius 3 is 2.11 bits per heavy atom. The van der Waals surface area contributed by atoms with Gasteiger partial charge in [0.1, 0.15) is 0 Å². The fourth-order valence-electron chi connectivity index (χ4n) is 2.04. The summed E-state index contributed by atoms with van der Waals surface area (Å²) in [6, 6.07) is 4.99. The number of carbonyl (C=O) groups is 1. The molecule has 0 atom stereocenters. The summed E-state index contributed by atoms with van der Waals surface area (Å²) in [5.41, 5.74) is 1.23. The fourth-order valence-corrected chi connectivity index (χ4v) is 2.04. The Hall–Kier alpha value is -1.39. The van der Waals surface area contributed by atoms with Crippen LogP contribution in [0.5, 0.6) is 0 Å². The van der Waals surface area contributed by atoms with Gasteiger partial charge >= 0.3 is 5.97 Å². The molecule has 1 N–H and O–H groups in total. The quantitative estimate of drug-likeness (QED) is 0.890. The SMILES string of the molecule is Cc1cc(C(=O)O)ccc1C1OC(C)(C)C(C)(C)O1. The van der Waals surface area contributed by atoms with Crippen molar-refractivity contribution in [3.63, 3.8) is 0 Å². The zero-order valence-electron chi connectivity index (χ0n) is 12.0. The van der Waals surface area contributed by atoms with Gasteiger partial charge < -0.3 is 14.6 Å². The van der Waals surface area contributed by atoms with E-state index in [-0.39, 0.29) is 5.56 Å². The molecule has 0 bridgehead atoms. The van der Waals surface area contributed by atoms with Gasteiger partial charge in [-0.3, -0.25) is 0 Å². The Kier molecular flexibility index (Phi) is 3.19. The summed E-state index contributed by atoms with van der Waals surface area (Å²) in [6.07, 6.45) is -0.451. The number of aryl methyl sites for hydroxylation is 1. The summed E-state index contributed by atoms with van der Waals surface area (Å²) in [7, 11) is 0. The number of aromatic carboxylic acids is 1. The highest BCUT2D eigenvalue weighted by molar-refractivity contribution is 5.87. The van der Waals surface area contributed by atoms with Gasteiger partial charge in [0.25, 0.3) is 0 Å². The van der Waals surface area contributed by atoms with Gasteiger partial charge in [0.05, 0.1) is 16.8 Å². The molecule has 1 saturated heterocycles. The molecule has 0 spiro atoms. The first-order valence-electron chi connectivity index (χ1n) is 6.33. The molecule has 4 heteroatoms. The third-order valence-corrected chi connectivity index (χ3v) is 4.02. The topological polar surface area (TPSA) is 55.8 Å². The Morgan fingerprint density at radius 2 is 1.68 bits per heavy atom. The van der Waals surface area contributed by atoms with Crippen molar-refractivity contribution in [1.82, 2.24) is 0 Å². The number of ether oxygens (including phenoxy) is 2. The minimum Gasteiger partial charge on any atom is -0.478 e. The Bertz CT molecular complexity index is 501. The summed E-state index contributed by atoms with van der Waals surface area (Å²) < 4.78 is 11.9. The van der Waals surface area contributed by atoms with E-state index in [1.165, 1.54) is 0 Å². The molecule has 1 aliphatic rings. The van der Waals surface area contributed by atoms with Crippen LogP contribution in [0.3, 0.4) is 0 Å². The second-order valence-corrected chi connectivity index (χ2v) is 5.96. The van der Waals surface area contributed by atoms with Gasteiger partial charge in [0.15, 0.2) is 6.29 Å². The molecule has 0 radical (unpaired) electrons. The van der Waals surface area contributed by atoms with E-state index >= 15 is 0 Å². The van der Waals surface area contributed by atoms with E-state index < -0.39 is 23.5 Å². The van der Waals surface area contributed by atoms with E-state index in [4.69, 9.17) is 14.6 Å². The molecule has 0 aliphatic carbocycles. The van der Waals surface area contributed by atoms with Crippen molar-refractivity contribution >= 4 is 5.97 Å². The summed E-state index contributed by atoms with van der Waals surface area (Å²) in [6.45, 7) is 9.84. The van der Waals surface area contributed by atoms with Crippen LogP contribution < -0.4 is 0 Å². The van der Waals surface area contributed by atoms with Crippen molar-refractivity contribution in [2.45, 2.75) is 52.1 Å². The monoisotopic (exact) mass is 264 g/mol. The average Bonchev–Trinajstić information content (AvgIpc) is 2.47. The second-order valence-electron chi connectivity index (χ2n) is 5.96. The molecule has 2 rings (SSSR count). The molecule has 1 aromatic rings. The van der Waals surface area contributed by atoms with Gasteiger partial charge in [-0.2, -0.15) is 0 Å². The maximum atomic E-state index is 10.9. The van der Waals surface area contributed by atoms with Crippen molar-refractivity contribution < 1.29 is 19.4 Å². The van der Waals surface area contributed by atoms with E-state index in [1.54, 1.807) is 18.2 Å². The first-order valence-corrected chi connectivity index (χ1v) is 6.33. The van der Waals surface area contributed by atoms with Crippen LogP contribution in [0.1, 0.15) is 55.5 Å². The smallest absolute Gasteiger partial charge is 0.335 e. The lowest BCUT2D eigenvalue weighted by atomic mass is 9.90. The summed E-state index contributed by atoms with van der Waals surface area (Å²) in [5.74, 6) is -0.927. The molecule has 1 heterocycles. The number of carboxylic acid groups (broad SMARTS) is 1. The number of benzene rings is 1. The van der Waals surface area contributed by atoms with Gasteiger partial charge in [-0.15, -0.1) is 0 Å². The summed E-state index contributed by atoms with van der Waals surface area (Å²) >= 11 is 0. The van der Waals surface area contributed by atoms with E-state index in [9.17, 15) is 4.79 Å². The lowest BCUT2D eigenvalue weighted by molar-refractivity contribution is -0.0899. The molecule has 1 aromatic carbocycles. The third kappa shape index (κ3) is 2.38. The molecule has 19 heavy (non-hydrogen) atoms. The predicted molar refractivity (Wildman–Crippen MR) is 71.2 cm³/mol. The average molecular weight is 264 g/mol. The lowest BCUT2D eigenvalue weighted by Crippen LogP contribution is -2.41. The van der Waals surface area contributed by atoms with Crippen molar-refractivity contribution in [3.8, 4) is 0 Å². The minimum absolute atomic E-state index is 0.276. The zero-order valence-corrected chi connectivity index (χ0v) is 12.0. The third-order valence-electron chi connectivity index (χ3n) is 4.02. The van der Waals surface area contributed by atoms with E-state index in [1.807, 2.05) is 34.6 Å². The Morgan fingerprint density at radius 1 is 1.16 bits per heavy atom. The molecular weight excluding hydrogens is 244 g/mol. The van der Waals surface area contributed by atoms with E-state index in [0.717, 1.165) is 11.1 Å². The van der Waals surface area contributed by atoms with E-state index in [2.05, 4.69) is 0 Å². The number of hydrogen-bond acceptors (Lipinski definition) is 3. The van der Waals surface area contributed by atoms with Crippen LogP contribution >= 0.6 is 0 Å². The largest absolute Gasteiger partial charge is 0.478 e. The maximum absolute atomic E-state index is 10.9. The van der Waals surface area contributed by atoms with Crippen LogP contribution in [0.15, 0.2) is 18.2 Å². The van der Waals surface area contributed by atoms with Crippen LogP contribution in [-0.4, -0.2) is 22.3 Å². The standard InChI is InChI=1S/C15H20O4/c1-9-8-10(12(16)17)6-7-11(9)13-18-14(2,3)15(4,5)19-13/h6-8,13H,1-5H3,(H,16,17). The second kappa shape index (κ2) is 4.32. The van der Waals surface area contributed by atoms with Crippen molar-refractivity contribution in [2.24, 2.45) is 0 Å². The zero-order chi connectivity index (χ0) is 14.4. The number of rotatable bonds is 2. The molecule has 0 aromatic heterocycles. The van der Waals surface area contributed by atoms with E-state index in [0.29, 0.717) is 0 Å². The van der Waals surface area contributed by atoms with Crippen LogP contribution in [0.2, 0.25) is 0 Å². The predicted octanol–water partition coefficient (Wildman–Crippen LogP) is 3.30. The molecule has 104 valence electrons. The van der Waals surface area contributed by atoms with Crippen LogP contribution in [0.25, 0.3) is 0 Å². The molecule has 0 saturated carbocycles. The van der Waals surface area contributed by atoms with Crippen molar-refractivity contribution in [1.29, 1.82) is 0 Å². The molecule has 0 unspecified atom stereocenters. The van der Waals surface area contributed by atoms with Crippen molar-refractivity contribution in [2.75, 3.05) is 0 Å². The first-order chi connectivity index (χ1) is 8.64. The first kappa shape index (κ1) is 14.0. The van der Waals surface area contributed by atoms with Gasteiger partial charge in [-0.05, 0) is 52.3 Å². The van der Waals surface area contributed by atoms with Crippen molar-refractivity contribution in [3.05, 3.63) is 34.9 Å². The highest BCUT2D eigenvalue weighted by Gasteiger charge is 2.49. The number of carboxylic acids is 1. The van der Waals surface area contributed by atoms with Gasteiger partial charge in [0, 0.05) is 5.56 Å². The number of hydrogen-bond donors (Lipinski definition) is 1. The van der Waals surface area contributed by atoms with Gasteiger partial charge in [-0.25, -0.2) is 4.79 Å². The summed E-state index contributed by atoms with van der Waals surface area (Å²) in [5, 5.41) is 8.97. The van der Waals surface area contributed by atoms with Gasteiger partial charge in [-0.1, -0.05) is 6.07 Å².